The topological polar surface area (TPSA) is 38.3 Å². The van der Waals surface area contributed by atoms with Gasteiger partial charge in [0.15, 0.2) is 5.60 Å². The number of carbonyl (C=O) groups is 1. The quantitative estimate of drug-likeness (QED) is 0.707. The molecule has 1 spiro atoms. The first-order chi connectivity index (χ1) is 6.83. The molecule has 2 heterocycles. The Kier molecular flexibility index (Phi) is 2.23. The van der Waals surface area contributed by atoms with Gasteiger partial charge in [0.1, 0.15) is 0 Å². The van der Waals surface area contributed by atoms with E-state index in [0.717, 1.165) is 24.1 Å². The minimum atomic E-state index is -0.670. The summed E-state index contributed by atoms with van der Waals surface area (Å²) in [6.45, 7) is 0.682. The van der Waals surface area contributed by atoms with Crippen LogP contribution in [0.5, 0.6) is 0 Å². The first-order valence-electron chi connectivity index (χ1n) is 4.88. The summed E-state index contributed by atoms with van der Waals surface area (Å²) in [5.41, 5.74) is 1.23. The number of ether oxygens (including phenoxy) is 1. The van der Waals surface area contributed by atoms with Gasteiger partial charge in [0.05, 0.1) is 0 Å². The van der Waals surface area contributed by atoms with Gasteiger partial charge in [0.2, 0.25) is 0 Å². The number of nitrogens with one attached hydrogen (secondary N) is 1. The maximum Gasteiger partial charge on any atom is 0.261 e. The third-order valence-corrected chi connectivity index (χ3v) is 3.00. The van der Waals surface area contributed by atoms with Crippen molar-refractivity contribution in [1.82, 2.24) is 0 Å². The molecule has 2 aliphatic rings. The van der Waals surface area contributed by atoms with Gasteiger partial charge in [-0.15, -0.1) is 0 Å². The van der Waals surface area contributed by atoms with Crippen molar-refractivity contribution < 1.29 is 14.2 Å². The smallest absolute Gasteiger partial charge is 0.261 e. The highest BCUT2D eigenvalue weighted by molar-refractivity contribution is 6.05. The molecule has 1 aromatic carbocycles. The molecule has 0 saturated carbocycles. The molecule has 0 aromatic heterocycles. The lowest BCUT2D eigenvalue weighted by atomic mass is 9.92. The van der Waals surface area contributed by atoms with Gasteiger partial charge in [-0.3, -0.25) is 9.50 Å². The van der Waals surface area contributed by atoms with Crippen molar-refractivity contribution in [3.05, 3.63) is 29.8 Å². The first-order valence-corrected chi connectivity index (χ1v) is 4.88. The largest absolute Gasteiger partial charge is 0.360 e. The number of halogens is 1. The Morgan fingerprint density at radius 1 is 1.33 bits per heavy atom. The van der Waals surface area contributed by atoms with Gasteiger partial charge in [-0.1, -0.05) is 18.2 Å². The molecule has 1 atom stereocenters. The maximum atomic E-state index is 11.8. The average molecular weight is 209 g/mol. The Bertz CT molecular complexity index is 399. The Hall–Kier alpha value is -1.42. The van der Waals surface area contributed by atoms with Crippen LogP contribution in [0.15, 0.2) is 24.3 Å². The second kappa shape index (κ2) is 3.31. The molecule has 1 N–H and O–H groups in total. The number of hydrogen-bond acceptors (Lipinski definition) is 2. The fraction of sp³-hybridized carbons (Fsp3) is 0.364. The van der Waals surface area contributed by atoms with Crippen LogP contribution < -0.4 is 5.32 Å². The average Bonchev–Trinajstić information content (AvgIpc) is 2.77. The van der Waals surface area contributed by atoms with Crippen LogP contribution in [-0.4, -0.2) is 12.5 Å². The lowest BCUT2D eigenvalue weighted by Crippen LogP contribution is -2.33. The zero-order valence-corrected chi connectivity index (χ0v) is 8.16. The van der Waals surface area contributed by atoms with Crippen LogP contribution in [0, 0.1) is 0 Å². The highest BCUT2D eigenvalue weighted by atomic mass is 19.0. The number of amides is 1. The van der Waals surface area contributed by atoms with Crippen LogP contribution in [0.2, 0.25) is 0 Å². The molecule has 1 amide bonds. The molecule has 2 aliphatic heterocycles. The van der Waals surface area contributed by atoms with Crippen LogP contribution in [0.4, 0.5) is 10.4 Å². The van der Waals surface area contributed by atoms with Gasteiger partial charge in [0, 0.05) is 17.9 Å². The van der Waals surface area contributed by atoms with E-state index in [2.05, 4.69) is 5.32 Å². The highest BCUT2D eigenvalue weighted by Crippen LogP contribution is 2.44. The molecule has 1 unspecified atom stereocenters. The predicted molar refractivity (Wildman–Crippen MR) is 54.4 cm³/mol. The summed E-state index contributed by atoms with van der Waals surface area (Å²) in [7, 11) is 0. The van der Waals surface area contributed by atoms with E-state index in [4.69, 9.17) is 4.74 Å². The molecule has 1 fully saturated rings. The van der Waals surface area contributed by atoms with Crippen molar-refractivity contribution in [3.8, 4) is 0 Å². The van der Waals surface area contributed by atoms with Gasteiger partial charge >= 0.3 is 0 Å². The van der Waals surface area contributed by atoms with E-state index >= 15 is 0 Å². The summed E-state index contributed by atoms with van der Waals surface area (Å²) in [5, 5.41) is 2.87. The van der Waals surface area contributed by atoms with E-state index in [9.17, 15) is 4.79 Å². The molecule has 1 aromatic rings. The zero-order chi connectivity index (χ0) is 9.60. The molecule has 4 heteroatoms. The van der Waals surface area contributed by atoms with Crippen molar-refractivity contribution in [1.29, 1.82) is 0 Å². The molecular formula is C11H12FNO2. The molecule has 80 valence electrons. The van der Waals surface area contributed by atoms with Crippen molar-refractivity contribution in [2.24, 2.45) is 0 Å². The summed E-state index contributed by atoms with van der Waals surface area (Å²) in [5.74, 6) is -0.00352. The van der Waals surface area contributed by atoms with Crippen LogP contribution in [-0.2, 0) is 15.1 Å². The molecular weight excluding hydrogens is 197 g/mol. The normalized spacial score (nSPS) is 27.3. The van der Waals surface area contributed by atoms with Gasteiger partial charge in [-0.25, -0.2) is 0 Å². The van der Waals surface area contributed by atoms with Crippen LogP contribution in [0.1, 0.15) is 18.4 Å². The number of hydrogen-bond donors (Lipinski definition) is 1. The number of para-hydroxylation sites is 1. The third-order valence-electron chi connectivity index (χ3n) is 3.00. The zero-order valence-electron chi connectivity index (χ0n) is 8.16. The van der Waals surface area contributed by atoms with E-state index in [1.54, 1.807) is 0 Å². The number of benzene rings is 1. The molecule has 3 nitrogen and oxygen atoms in total. The summed E-state index contributed by atoms with van der Waals surface area (Å²) in [6, 6.07) is 7.76. The minimum Gasteiger partial charge on any atom is -0.360 e. The lowest BCUT2D eigenvalue weighted by Gasteiger charge is -2.19. The summed E-state index contributed by atoms with van der Waals surface area (Å²) >= 11 is 0. The lowest BCUT2D eigenvalue weighted by molar-refractivity contribution is -0.135. The van der Waals surface area contributed by atoms with E-state index in [1.165, 1.54) is 0 Å². The number of anilines is 1. The standard InChI is InChI=1S/C11H11NO2.FH/c13-10-11(6-3-7-14-11)8-4-1-2-5-9(8)12-10;/h1-2,4-5H,3,6-7H2,(H,12,13);1H. The van der Waals surface area contributed by atoms with Crippen molar-refractivity contribution >= 4 is 11.6 Å². The number of fused-ring (bicyclic) bond motifs is 2. The van der Waals surface area contributed by atoms with Crippen molar-refractivity contribution in [3.63, 3.8) is 0 Å². The van der Waals surface area contributed by atoms with Gasteiger partial charge in [-0.05, 0) is 18.9 Å². The monoisotopic (exact) mass is 209 g/mol. The van der Waals surface area contributed by atoms with E-state index in [1.807, 2.05) is 24.3 Å². The molecule has 0 bridgehead atoms. The molecule has 0 aliphatic carbocycles. The maximum absolute atomic E-state index is 11.8. The van der Waals surface area contributed by atoms with Crippen LogP contribution in [0.25, 0.3) is 0 Å². The Labute approximate surface area is 86.8 Å². The molecule has 15 heavy (non-hydrogen) atoms. The molecule has 0 radical (unpaired) electrons. The van der Waals surface area contributed by atoms with Gasteiger partial charge < -0.3 is 10.1 Å². The van der Waals surface area contributed by atoms with E-state index in [0.29, 0.717) is 6.61 Å². The Balaban J connectivity index is 0.000000853. The van der Waals surface area contributed by atoms with E-state index < -0.39 is 5.60 Å². The highest BCUT2D eigenvalue weighted by Gasteiger charge is 2.49. The Morgan fingerprint density at radius 3 is 2.87 bits per heavy atom. The van der Waals surface area contributed by atoms with Crippen LogP contribution in [0.3, 0.4) is 0 Å². The van der Waals surface area contributed by atoms with Crippen LogP contribution >= 0.6 is 0 Å². The summed E-state index contributed by atoms with van der Waals surface area (Å²) in [6.07, 6.45) is 1.76. The van der Waals surface area contributed by atoms with Crippen molar-refractivity contribution in [2.45, 2.75) is 18.4 Å². The van der Waals surface area contributed by atoms with E-state index in [-0.39, 0.29) is 10.6 Å². The third kappa shape index (κ3) is 1.18. The Morgan fingerprint density at radius 2 is 2.13 bits per heavy atom. The first kappa shape index (κ1) is 10.1. The SMILES string of the molecule is F.O=C1Nc2ccccc2C12CCCO2. The number of carbonyl (C=O) groups excluding carboxylic acids is 1. The fourth-order valence-corrected chi connectivity index (χ4v) is 2.32. The number of rotatable bonds is 0. The predicted octanol–water partition coefficient (Wildman–Crippen LogP) is 1.80. The fourth-order valence-electron chi connectivity index (χ4n) is 2.32. The minimum absolute atomic E-state index is 0. The van der Waals surface area contributed by atoms with Crippen molar-refractivity contribution in [2.75, 3.05) is 11.9 Å². The summed E-state index contributed by atoms with van der Waals surface area (Å²) < 4.78 is 5.63. The second-order valence-corrected chi connectivity index (χ2v) is 3.78. The molecule has 3 rings (SSSR count). The summed E-state index contributed by atoms with van der Waals surface area (Å²) in [4.78, 5) is 11.8. The van der Waals surface area contributed by atoms with Gasteiger partial charge in [-0.2, -0.15) is 0 Å². The molecule has 1 saturated heterocycles. The van der Waals surface area contributed by atoms with Gasteiger partial charge in [0.25, 0.3) is 5.91 Å². The second-order valence-electron chi connectivity index (χ2n) is 3.78.